The Labute approximate surface area is 127 Å². The minimum absolute atomic E-state index is 0.00446. The van der Waals surface area contributed by atoms with Crippen LogP contribution in [0.5, 0.6) is 5.75 Å². The van der Waals surface area contributed by atoms with Crippen molar-refractivity contribution in [1.82, 2.24) is 0 Å². The van der Waals surface area contributed by atoms with Gasteiger partial charge in [0.05, 0.1) is 6.61 Å². The van der Waals surface area contributed by atoms with Gasteiger partial charge in [-0.05, 0) is 18.6 Å². The Hall–Kier alpha value is -2.83. The Bertz CT molecular complexity index is 594. The summed E-state index contributed by atoms with van der Waals surface area (Å²) in [6.45, 7) is 2.23. The first-order chi connectivity index (χ1) is 10.4. The number of benzene rings is 1. The van der Waals surface area contributed by atoms with Crippen molar-refractivity contribution in [3.8, 4) is 5.75 Å². The van der Waals surface area contributed by atoms with Crippen LogP contribution in [0.2, 0.25) is 0 Å². The fourth-order valence-electron chi connectivity index (χ4n) is 1.50. The molecule has 0 bridgehead atoms. The van der Waals surface area contributed by atoms with Crippen LogP contribution >= 0.6 is 0 Å². The molecule has 0 fully saturated rings. The number of hydrogen-bond donors (Lipinski definition) is 3. The van der Waals surface area contributed by atoms with Crippen LogP contribution in [0.3, 0.4) is 0 Å². The van der Waals surface area contributed by atoms with Gasteiger partial charge in [0.2, 0.25) is 5.91 Å². The summed E-state index contributed by atoms with van der Waals surface area (Å²) in [4.78, 5) is 33.4. The van der Waals surface area contributed by atoms with E-state index < -0.39 is 17.8 Å². The SMILES string of the molecule is CCCCOC(=O)c1ccc(NC(=O)/C=C\C(=O)O)cc1O. The molecule has 0 heterocycles. The molecule has 1 aromatic rings. The zero-order chi connectivity index (χ0) is 16.5. The molecule has 0 saturated heterocycles. The van der Waals surface area contributed by atoms with Crippen LogP contribution in [-0.4, -0.2) is 34.7 Å². The maximum atomic E-state index is 11.7. The first-order valence-corrected chi connectivity index (χ1v) is 6.66. The lowest BCUT2D eigenvalue weighted by Crippen LogP contribution is -2.10. The van der Waals surface area contributed by atoms with E-state index in [1.165, 1.54) is 18.2 Å². The van der Waals surface area contributed by atoms with Crippen molar-refractivity contribution in [3.05, 3.63) is 35.9 Å². The molecule has 0 aliphatic carbocycles. The summed E-state index contributed by atoms with van der Waals surface area (Å²) in [5.41, 5.74) is 0.220. The number of carboxylic acid groups (broad SMARTS) is 1. The quantitative estimate of drug-likeness (QED) is 0.403. The number of amides is 1. The van der Waals surface area contributed by atoms with Gasteiger partial charge in [-0.2, -0.15) is 0 Å². The topological polar surface area (TPSA) is 113 Å². The Morgan fingerprint density at radius 2 is 2.00 bits per heavy atom. The molecule has 118 valence electrons. The summed E-state index contributed by atoms with van der Waals surface area (Å²) in [5.74, 6) is -2.89. The molecule has 0 spiro atoms. The Kier molecular flexibility index (Phi) is 6.62. The number of carbonyl (C=O) groups is 3. The Balaban J connectivity index is 2.71. The maximum absolute atomic E-state index is 11.7. The highest BCUT2D eigenvalue weighted by Gasteiger charge is 2.13. The van der Waals surface area contributed by atoms with E-state index >= 15 is 0 Å². The minimum atomic E-state index is -1.25. The fourth-order valence-corrected chi connectivity index (χ4v) is 1.50. The van der Waals surface area contributed by atoms with Gasteiger partial charge in [0.1, 0.15) is 11.3 Å². The minimum Gasteiger partial charge on any atom is -0.507 e. The number of aromatic hydroxyl groups is 1. The second-order valence-electron chi connectivity index (χ2n) is 4.38. The molecule has 1 aromatic carbocycles. The average molecular weight is 307 g/mol. The first kappa shape index (κ1) is 17.2. The van der Waals surface area contributed by atoms with Crippen molar-refractivity contribution in [2.75, 3.05) is 11.9 Å². The number of aliphatic carboxylic acids is 1. The van der Waals surface area contributed by atoms with Crippen LogP contribution in [0.25, 0.3) is 0 Å². The number of ether oxygens (including phenoxy) is 1. The first-order valence-electron chi connectivity index (χ1n) is 6.66. The van der Waals surface area contributed by atoms with Crippen LogP contribution < -0.4 is 5.32 Å². The van der Waals surface area contributed by atoms with Crippen LogP contribution in [0.4, 0.5) is 5.69 Å². The molecule has 22 heavy (non-hydrogen) atoms. The predicted molar refractivity (Wildman–Crippen MR) is 78.7 cm³/mol. The van der Waals surface area contributed by atoms with Crippen molar-refractivity contribution in [3.63, 3.8) is 0 Å². The highest BCUT2D eigenvalue weighted by Crippen LogP contribution is 2.23. The molecular formula is C15H17NO6. The van der Waals surface area contributed by atoms with Gasteiger partial charge < -0.3 is 20.3 Å². The molecule has 0 aromatic heterocycles. The zero-order valence-electron chi connectivity index (χ0n) is 12.0. The molecule has 0 atom stereocenters. The number of phenols is 1. The maximum Gasteiger partial charge on any atom is 0.341 e. The lowest BCUT2D eigenvalue weighted by atomic mass is 10.2. The van der Waals surface area contributed by atoms with E-state index in [9.17, 15) is 19.5 Å². The van der Waals surface area contributed by atoms with E-state index in [-0.39, 0.29) is 23.6 Å². The highest BCUT2D eigenvalue weighted by atomic mass is 16.5. The van der Waals surface area contributed by atoms with E-state index in [1.54, 1.807) is 0 Å². The number of hydrogen-bond acceptors (Lipinski definition) is 5. The molecule has 0 aliphatic rings. The van der Waals surface area contributed by atoms with Crippen LogP contribution in [0.1, 0.15) is 30.1 Å². The summed E-state index contributed by atoms with van der Waals surface area (Å²) in [5, 5.41) is 20.5. The normalized spacial score (nSPS) is 10.4. The average Bonchev–Trinajstić information content (AvgIpc) is 2.45. The Morgan fingerprint density at radius 1 is 1.27 bits per heavy atom. The largest absolute Gasteiger partial charge is 0.507 e. The van der Waals surface area contributed by atoms with Crippen LogP contribution in [0.15, 0.2) is 30.4 Å². The van der Waals surface area contributed by atoms with Crippen molar-refractivity contribution >= 4 is 23.5 Å². The van der Waals surface area contributed by atoms with Gasteiger partial charge in [0.25, 0.3) is 0 Å². The summed E-state index contributed by atoms with van der Waals surface area (Å²) < 4.78 is 4.97. The Morgan fingerprint density at radius 3 is 2.59 bits per heavy atom. The van der Waals surface area contributed by atoms with Crippen molar-refractivity contribution in [1.29, 1.82) is 0 Å². The van der Waals surface area contributed by atoms with E-state index in [0.29, 0.717) is 6.08 Å². The second-order valence-corrected chi connectivity index (χ2v) is 4.38. The summed E-state index contributed by atoms with van der Waals surface area (Å²) in [6.07, 6.45) is 3.14. The van der Waals surface area contributed by atoms with Gasteiger partial charge in [0, 0.05) is 23.9 Å². The lowest BCUT2D eigenvalue weighted by Gasteiger charge is -2.08. The molecule has 1 rings (SSSR count). The zero-order valence-corrected chi connectivity index (χ0v) is 12.0. The lowest BCUT2D eigenvalue weighted by molar-refractivity contribution is -0.131. The number of rotatable bonds is 7. The summed E-state index contributed by atoms with van der Waals surface area (Å²) >= 11 is 0. The molecule has 0 aliphatic heterocycles. The third-order valence-corrected chi connectivity index (χ3v) is 2.59. The third-order valence-electron chi connectivity index (χ3n) is 2.59. The van der Waals surface area contributed by atoms with Crippen molar-refractivity contribution in [2.45, 2.75) is 19.8 Å². The highest BCUT2D eigenvalue weighted by molar-refractivity contribution is 6.03. The van der Waals surface area contributed by atoms with Gasteiger partial charge in [0.15, 0.2) is 0 Å². The fraction of sp³-hybridized carbons (Fsp3) is 0.267. The van der Waals surface area contributed by atoms with Gasteiger partial charge in [-0.25, -0.2) is 9.59 Å². The van der Waals surface area contributed by atoms with Crippen LogP contribution in [0, 0.1) is 0 Å². The van der Waals surface area contributed by atoms with E-state index in [1.807, 2.05) is 6.92 Å². The summed E-state index contributed by atoms with van der Waals surface area (Å²) in [7, 11) is 0. The monoisotopic (exact) mass is 307 g/mol. The van der Waals surface area contributed by atoms with E-state index in [2.05, 4.69) is 5.32 Å². The van der Waals surface area contributed by atoms with Gasteiger partial charge in [-0.15, -0.1) is 0 Å². The van der Waals surface area contributed by atoms with Gasteiger partial charge in [-0.3, -0.25) is 4.79 Å². The molecular weight excluding hydrogens is 290 g/mol. The molecule has 0 unspecified atom stereocenters. The van der Waals surface area contributed by atoms with Gasteiger partial charge in [-0.1, -0.05) is 13.3 Å². The third kappa shape index (κ3) is 5.66. The molecule has 0 radical (unpaired) electrons. The number of esters is 1. The molecule has 7 nitrogen and oxygen atoms in total. The molecule has 0 saturated carbocycles. The molecule has 7 heteroatoms. The number of anilines is 1. The number of carbonyl (C=O) groups excluding carboxylic acids is 2. The standard InChI is InChI=1S/C15H17NO6/c1-2-3-8-22-15(21)11-5-4-10(9-12(11)17)16-13(18)6-7-14(19)20/h4-7,9,17H,2-3,8H2,1H3,(H,16,18)(H,19,20)/b7-6-. The second kappa shape index (κ2) is 8.46. The number of unbranched alkanes of at least 4 members (excludes halogenated alkanes) is 1. The molecule has 3 N–H and O–H groups in total. The molecule has 1 amide bonds. The number of carboxylic acids is 1. The van der Waals surface area contributed by atoms with Crippen molar-refractivity contribution in [2.24, 2.45) is 0 Å². The van der Waals surface area contributed by atoms with Crippen LogP contribution in [-0.2, 0) is 14.3 Å². The van der Waals surface area contributed by atoms with Crippen molar-refractivity contribution < 1.29 is 29.3 Å². The predicted octanol–water partition coefficient (Wildman–Crippen LogP) is 1.93. The number of phenolic OH excluding ortho intramolecular Hbond substituents is 1. The smallest absolute Gasteiger partial charge is 0.341 e. The summed E-state index contributed by atoms with van der Waals surface area (Å²) in [6, 6.07) is 3.91. The number of nitrogens with one attached hydrogen (secondary N) is 1. The van der Waals surface area contributed by atoms with E-state index in [0.717, 1.165) is 18.9 Å². The van der Waals surface area contributed by atoms with E-state index in [4.69, 9.17) is 9.84 Å². The van der Waals surface area contributed by atoms with Gasteiger partial charge >= 0.3 is 11.9 Å².